The smallest absolute Gasteiger partial charge is 0.330 e. The Hall–Kier alpha value is -1.95. The number of nitrogens with zero attached hydrogens (tertiary/aromatic N) is 1. The van der Waals surface area contributed by atoms with Crippen molar-refractivity contribution < 1.29 is 24.5 Å². The van der Waals surface area contributed by atoms with Crippen molar-refractivity contribution in [2.45, 2.75) is 32.2 Å². The lowest BCUT2D eigenvalue weighted by Gasteiger charge is -2.09. The van der Waals surface area contributed by atoms with E-state index in [-0.39, 0.29) is 25.0 Å². The van der Waals surface area contributed by atoms with Crippen molar-refractivity contribution in [3.05, 3.63) is 23.8 Å². The summed E-state index contributed by atoms with van der Waals surface area (Å²) in [5.74, 6) is -0.195. The molecule has 0 spiro atoms. The second kappa shape index (κ2) is 7.17. The fourth-order valence-corrected chi connectivity index (χ4v) is 2.55. The van der Waals surface area contributed by atoms with Crippen molar-refractivity contribution in [1.29, 1.82) is 0 Å². The third kappa shape index (κ3) is 3.58. The Morgan fingerprint density at radius 2 is 1.76 bits per heavy atom. The van der Waals surface area contributed by atoms with E-state index in [1.165, 1.54) is 4.57 Å². The molecule has 0 saturated carbocycles. The fourth-order valence-electron chi connectivity index (χ4n) is 2.55. The molecule has 0 aromatic carbocycles. The summed E-state index contributed by atoms with van der Waals surface area (Å²) >= 11 is 0. The molecule has 1 aliphatic rings. The average Bonchev–Trinajstić information content (AvgIpc) is 2.75. The van der Waals surface area contributed by atoms with Gasteiger partial charge in [-0.15, -0.1) is 0 Å². The Morgan fingerprint density at radius 1 is 1.14 bits per heavy atom. The molecule has 0 atom stereocenters. The topological polar surface area (TPSA) is 80.9 Å². The molecule has 1 aliphatic carbocycles. The molecule has 1 aromatic heterocycles. The Bertz CT molecular complexity index is 491. The molecule has 0 fully saturated rings. The van der Waals surface area contributed by atoms with Crippen LogP contribution in [0, 0.1) is 0 Å². The van der Waals surface area contributed by atoms with Gasteiger partial charge in [0.1, 0.15) is 6.61 Å². The number of hydrogen-bond donors (Lipinski definition) is 2. The van der Waals surface area contributed by atoms with Gasteiger partial charge < -0.3 is 19.7 Å². The van der Waals surface area contributed by atoms with E-state index in [0.29, 0.717) is 13.2 Å². The average molecular weight is 295 g/mol. The lowest BCUT2D eigenvalue weighted by atomic mass is 9.95. The molecular weight excluding hydrogens is 274 g/mol. The number of ether oxygens (including phenoxy) is 2. The molecule has 0 aliphatic heterocycles. The van der Waals surface area contributed by atoms with Crippen molar-refractivity contribution >= 4 is 5.97 Å². The molecule has 1 heterocycles. The van der Waals surface area contributed by atoms with Crippen molar-refractivity contribution in [3.63, 3.8) is 0 Å². The molecule has 0 radical (unpaired) electrons. The number of hydrogen-bond acceptors (Lipinski definition) is 5. The zero-order chi connectivity index (χ0) is 15.2. The highest BCUT2D eigenvalue weighted by Gasteiger charge is 2.23. The first-order valence-corrected chi connectivity index (χ1v) is 7.14. The summed E-state index contributed by atoms with van der Waals surface area (Å²) in [6.07, 6.45) is 4.78. The SMILES string of the molecule is C=CC(=O)OCCOCCn1c(O)c2c(c1O)CCCC2. The Balaban J connectivity index is 1.80. The van der Waals surface area contributed by atoms with Gasteiger partial charge in [0.05, 0.1) is 19.8 Å². The van der Waals surface area contributed by atoms with Crippen LogP contribution in [-0.2, 0) is 33.7 Å². The lowest BCUT2D eigenvalue weighted by Crippen LogP contribution is -2.11. The molecule has 0 unspecified atom stereocenters. The highest BCUT2D eigenvalue weighted by molar-refractivity contribution is 5.81. The predicted molar refractivity (Wildman–Crippen MR) is 76.4 cm³/mol. The van der Waals surface area contributed by atoms with Gasteiger partial charge in [0.25, 0.3) is 0 Å². The maximum Gasteiger partial charge on any atom is 0.330 e. The van der Waals surface area contributed by atoms with Gasteiger partial charge in [-0.25, -0.2) is 4.79 Å². The van der Waals surface area contributed by atoms with Gasteiger partial charge in [-0.05, 0) is 25.7 Å². The number of esters is 1. The minimum Gasteiger partial charge on any atom is -0.494 e. The monoisotopic (exact) mass is 295 g/mol. The van der Waals surface area contributed by atoms with Crippen LogP contribution in [0.4, 0.5) is 0 Å². The largest absolute Gasteiger partial charge is 0.494 e. The Morgan fingerprint density at radius 3 is 2.33 bits per heavy atom. The summed E-state index contributed by atoms with van der Waals surface area (Å²) in [4.78, 5) is 10.8. The van der Waals surface area contributed by atoms with Crippen LogP contribution in [0.3, 0.4) is 0 Å². The second-order valence-corrected chi connectivity index (χ2v) is 4.95. The van der Waals surface area contributed by atoms with Gasteiger partial charge in [0.15, 0.2) is 11.8 Å². The van der Waals surface area contributed by atoms with E-state index in [9.17, 15) is 15.0 Å². The van der Waals surface area contributed by atoms with E-state index in [2.05, 4.69) is 6.58 Å². The van der Waals surface area contributed by atoms with E-state index in [1.54, 1.807) is 0 Å². The minimum atomic E-state index is -0.480. The Kier molecular flexibility index (Phi) is 5.27. The number of carbonyl (C=O) groups is 1. The van der Waals surface area contributed by atoms with Crippen LogP contribution in [0.25, 0.3) is 0 Å². The molecule has 0 bridgehead atoms. The first-order chi connectivity index (χ1) is 10.1. The van der Waals surface area contributed by atoms with E-state index >= 15 is 0 Å². The summed E-state index contributed by atoms with van der Waals surface area (Å²) in [5.41, 5.74) is 1.72. The summed E-state index contributed by atoms with van der Waals surface area (Å²) in [5, 5.41) is 20.3. The van der Waals surface area contributed by atoms with Crippen molar-refractivity contribution in [3.8, 4) is 11.8 Å². The molecule has 6 heteroatoms. The second-order valence-electron chi connectivity index (χ2n) is 4.95. The third-order valence-electron chi connectivity index (χ3n) is 3.62. The molecule has 2 rings (SSSR count). The Labute approximate surface area is 123 Å². The number of carbonyl (C=O) groups excluding carboxylic acids is 1. The number of rotatable bonds is 7. The van der Waals surface area contributed by atoms with E-state index in [4.69, 9.17) is 9.47 Å². The third-order valence-corrected chi connectivity index (χ3v) is 3.62. The quantitative estimate of drug-likeness (QED) is 0.453. The van der Waals surface area contributed by atoms with Crippen molar-refractivity contribution in [2.75, 3.05) is 19.8 Å². The van der Waals surface area contributed by atoms with Gasteiger partial charge in [-0.3, -0.25) is 4.57 Å². The fraction of sp³-hybridized carbons (Fsp3) is 0.533. The first kappa shape index (κ1) is 15.4. The van der Waals surface area contributed by atoms with Crippen LogP contribution >= 0.6 is 0 Å². The zero-order valence-corrected chi connectivity index (χ0v) is 12.0. The normalized spacial score (nSPS) is 13.7. The maximum atomic E-state index is 10.8. The summed E-state index contributed by atoms with van der Waals surface area (Å²) in [6.45, 7) is 4.40. The van der Waals surface area contributed by atoms with Crippen LogP contribution in [0.15, 0.2) is 12.7 Å². The molecule has 0 amide bonds. The standard InChI is InChI=1S/C15H21NO5/c1-2-13(17)21-10-9-20-8-7-16-14(18)11-5-3-4-6-12(11)15(16)19/h2,18-19H,1,3-10H2. The summed E-state index contributed by atoms with van der Waals surface area (Å²) in [6, 6.07) is 0. The van der Waals surface area contributed by atoms with Crippen LogP contribution in [0.5, 0.6) is 11.8 Å². The molecule has 116 valence electrons. The van der Waals surface area contributed by atoms with Gasteiger partial charge in [-0.1, -0.05) is 6.58 Å². The number of aromatic hydroxyl groups is 2. The lowest BCUT2D eigenvalue weighted by molar-refractivity contribution is -0.139. The highest BCUT2D eigenvalue weighted by Crippen LogP contribution is 2.38. The van der Waals surface area contributed by atoms with Crippen LogP contribution in [-0.4, -0.2) is 40.6 Å². The van der Waals surface area contributed by atoms with Crippen LogP contribution in [0.1, 0.15) is 24.0 Å². The molecule has 0 saturated heterocycles. The van der Waals surface area contributed by atoms with E-state index in [0.717, 1.165) is 42.9 Å². The molecule has 2 N–H and O–H groups in total. The first-order valence-electron chi connectivity index (χ1n) is 7.14. The minimum absolute atomic E-state index is 0.142. The van der Waals surface area contributed by atoms with Crippen LogP contribution in [0.2, 0.25) is 0 Å². The molecule has 6 nitrogen and oxygen atoms in total. The van der Waals surface area contributed by atoms with Gasteiger partial charge in [0.2, 0.25) is 0 Å². The molecule has 21 heavy (non-hydrogen) atoms. The molecular formula is C15H21NO5. The van der Waals surface area contributed by atoms with E-state index in [1.807, 2.05) is 0 Å². The van der Waals surface area contributed by atoms with Crippen molar-refractivity contribution in [1.82, 2.24) is 4.57 Å². The summed E-state index contributed by atoms with van der Waals surface area (Å²) in [7, 11) is 0. The van der Waals surface area contributed by atoms with Gasteiger partial charge >= 0.3 is 5.97 Å². The number of aromatic nitrogens is 1. The van der Waals surface area contributed by atoms with Crippen molar-refractivity contribution in [2.24, 2.45) is 0 Å². The van der Waals surface area contributed by atoms with Crippen LogP contribution < -0.4 is 0 Å². The zero-order valence-electron chi connectivity index (χ0n) is 12.0. The van der Waals surface area contributed by atoms with E-state index < -0.39 is 5.97 Å². The highest BCUT2D eigenvalue weighted by atomic mass is 16.6. The maximum absolute atomic E-state index is 10.8. The van der Waals surface area contributed by atoms with Gasteiger partial charge in [0, 0.05) is 17.2 Å². The summed E-state index contributed by atoms with van der Waals surface area (Å²) < 4.78 is 11.6. The van der Waals surface area contributed by atoms with Gasteiger partial charge in [-0.2, -0.15) is 0 Å². The molecule has 1 aromatic rings. The number of fused-ring (bicyclic) bond motifs is 1. The predicted octanol–water partition coefficient (Wildman–Crippen LogP) is 1.52.